The maximum absolute atomic E-state index is 14.3. The number of rotatable bonds is 6. The maximum Gasteiger partial charge on any atom is 0.416 e. The van der Waals surface area contributed by atoms with E-state index >= 15 is 0 Å². The predicted molar refractivity (Wildman–Crippen MR) is 94.6 cm³/mol. The molecule has 3 rings (SSSR count). The minimum absolute atomic E-state index is 0.0434. The Hall–Kier alpha value is -2.85. The summed E-state index contributed by atoms with van der Waals surface area (Å²) in [5.74, 6) is -1.12. The summed E-state index contributed by atoms with van der Waals surface area (Å²) < 4.78 is 85.3. The van der Waals surface area contributed by atoms with Crippen molar-refractivity contribution in [2.24, 2.45) is 0 Å². The number of aromatic hydroxyl groups is 1. The van der Waals surface area contributed by atoms with Gasteiger partial charge in [-0.3, -0.25) is 0 Å². The number of nitrogens with zero attached hydrogens (tertiary/aromatic N) is 1. The lowest BCUT2D eigenvalue weighted by Gasteiger charge is -2.22. The highest BCUT2D eigenvalue weighted by atomic mass is 32.2. The molecule has 0 atom stereocenters. The fraction of sp³-hybridized carbons (Fsp3) is 0.158. The number of sulfonamides is 1. The monoisotopic (exact) mass is 429 g/mol. The third kappa shape index (κ3) is 4.77. The number of benzene rings is 2. The number of alkyl halides is 3. The van der Waals surface area contributed by atoms with E-state index in [2.05, 4.69) is 0 Å². The molecule has 0 fully saturated rings. The Bertz CT molecular complexity index is 1080. The zero-order valence-electron chi connectivity index (χ0n) is 14.7. The van der Waals surface area contributed by atoms with Gasteiger partial charge in [0, 0.05) is 6.54 Å². The quantitative estimate of drug-likeness (QED) is 0.585. The van der Waals surface area contributed by atoms with E-state index in [1.807, 2.05) is 0 Å². The highest BCUT2D eigenvalue weighted by Crippen LogP contribution is 2.33. The van der Waals surface area contributed by atoms with Gasteiger partial charge in [-0.15, -0.1) is 0 Å². The molecule has 154 valence electrons. The van der Waals surface area contributed by atoms with Gasteiger partial charge in [0.05, 0.1) is 18.4 Å². The standard InChI is InChI=1S/C19H15F4NO4S/c20-17-8-5-14(19(21,22)23)10-18(17)29(26,27)24(12-16-2-1-9-28-16)11-13-3-6-15(25)7-4-13/h1-10,25H,11-12H2. The second-order valence-corrected chi connectivity index (χ2v) is 8.07. The zero-order chi connectivity index (χ0) is 21.2. The predicted octanol–water partition coefficient (Wildman–Crippen LogP) is 4.53. The van der Waals surface area contributed by atoms with Gasteiger partial charge in [-0.25, -0.2) is 12.8 Å². The van der Waals surface area contributed by atoms with Crippen LogP contribution in [0, 0.1) is 5.82 Å². The minimum atomic E-state index is -4.83. The van der Waals surface area contributed by atoms with Crippen molar-refractivity contribution in [3.05, 3.63) is 83.6 Å². The first kappa shape index (κ1) is 20.9. The molecule has 29 heavy (non-hydrogen) atoms. The second-order valence-electron chi connectivity index (χ2n) is 6.16. The van der Waals surface area contributed by atoms with Crippen molar-refractivity contribution in [2.45, 2.75) is 24.2 Å². The van der Waals surface area contributed by atoms with Gasteiger partial charge in [-0.05, 0) is 48.0 Å². The molecule has 5 nitrogen and oxygen atoms in total. The van der Waals surface area contributed by atoms with Gasteiger partial charge in [0.2, 0.25) is 10.0 Å². The highest BCUT2D eigenvalue weighted by Gasteiger charge is 2.35. The summed E-state index contributed by atoms with van der Waals surface area (Å²) in [5, 5.41) is 9.38. The van der Waals surface area contributed by atoms with Crippen LogP contribution in [-0.2, 0) is 29.3 Å². The number of halogens is 4. The summed E-state index contributed by atoms with van der Waals surface area (Å²) >= 11 is 0. The van der Waals surface area contributed by atoms with Gasteiger partial charge in [0.25, 0.3) is 0 Å². The van der Waals surface area contributed by atoms with Crippen LogP contribution in [0.1, 0.15) is 16.9 Å². The summed E-state index contributed by atoms with van der Waals surface area (Å²) in [6, 6.07) is 9.79. The van der Waals surface area contributed by atoms with Gasteiger partial charge in [0.15, 0.2) is 0 Å². The fourth-order valence-corrected chi connectivity index (χ4v) is 4.11. The molecule has 0 spiro atoms. The third-order valence-corrected chi connectivity index (χ3v) is 5.89. The van der Waals surface area contributed by atoms with E-state index < -0.39 is 32.5 Å². The van der Waals surface area contributed by atoms with Crippen LogP contribution in [0.4, 0.5) is 17.6 Å². The first-order chi connectivity index (χ1) is 13.6. The first-order valence-electron chi connectivity index (χ1n) is 8.24. The molecule has 0 aliphatic carbocycles. The van der Waals surface area contributed by atoms with Crippen LogP contribution in [0.2, 0.25) is 0 Å². The molecule has 0 saturated carbocycles. The highest BCUT2D eigenvalue weighted by molar-refractivity contribution is 7.89. The molecular formula is C19H15F4NO4S. The molecule has 1 aromatic heterocycles. The molecule has 0 aliphatic rings. The van der Waals surface area contributed by atoms with Crippen LogP contribution >= 0.6 is 0 Å². The smallest absolute Gasteiger partial charge is 0.416 e. The van der Waals surface area contributed by atoms with Gasteiger partial charge < -0.3 is 9.52 Å². The minimum Gasteiger partial charge on any atom is -0.508 e. The van der Waals surface area contributed by atoms with E-state index in [4.69, 9.17) is 4.42 Å². The van der Waals surface area contributed by atoms with Crippen LogP contribution in [-0.4, -0.2) is 17.8 Å². The molecule has 0 aliphatic heterocycles. The number of hydrogen-bond acceptors (Lipinski definition) is 4. The van der Waals surface area contributed by atoms with Crippen LogP contribution in [0.5, 0.6) is 5.75 Å². The normalized spacial score (nSPS) is 12.4. The van der Waals surface area contributed by atoms with Gasteiger partial charge >= 0.3 is 6.18 Å². The molecule has 0 amide bonds. The summed E-state index contributed by atoms with van der Waals surface area (Å²) in [7, 11) is -4.66. The Balaban J connectivity index is 2.04. The number of phenolic OH excluding ortho intramolecular Hbond substituents is 1. The number of furan rings is 1. The third-order valence-electron chi connectivity index (χ3n) is 4.08. The number of hydrogen-bond donors (Lipinski definition) is 1. The molecule has 0 saturated heterocycles. The van der Waals surface area contributed by atoms with Gasteiger partial charge in [0.1, 0.15) is 22.2 Å². The molecule has 3 aromatic rings. The van der Waals surface area contributed by atoms with Crippen molar-refractivity contribution in [2.75, 3.05) is 0 Å². The average molecular weight is 429 g/mol. The van der Waals surface area contributed by atoms with E-state index in [9.17, 15) is 31.1 Å². The summed E-state index contributed by atoms with van der Waals surface area (Å²) in [4.78, 5) is -1.09. The lowest BCUT2D eigenvalue weighted by atomic mass is 10.2. The van der Waals surface area contributed by atoms with Gasteiger partial charge in [-0.2, -0.15) is 17.5 Å². The van der Waals surface area contributed by atoms with Crippen molar-refractivity contribution in [3.63, 3.8) is 0 Å². The van der Waals surface area contributed by atoms with Crippen molar-refractivity contribution < 1.29 is 35.5 Å². The summed E-state index contributed by atoms with van der Waals surface area (Å²) in [6.07, 6.45) is -3.52. The molecule has 0 radical (unpaired) electrons. The Labute approximate surface area is 163 Å². The molecule has 0 unspecified atom stereocenters. The lowest BCUT2D eigenvalue weighted by Crippen LogP contribution is -2.31. The Morgan fingerprint density at radius 1 is 1.00 bits per heavy atom. The fourth-order valence-electron chi connectivity index (χ4n) is 2.62. The van der Waals surface area contributed by atoms with Crippen LogP contribution in [0.15, 0.2) is 70.2 Å². The lowest BCUT2D eigenvalue weighted by molar-refractivity contribution is -0.137. The average Bonchev–Trinajstić information content (AvgIpc) is 3.15. The van der Waals surface area contributed by atoms with E-state index in [-0.39, 0.29) is 30.7 Å². The largest absolute Gasteiger partial charge is 0.508 e. The molecule has 1 N–H and O–H groups in total. The van der Waals surface area contributed by atoms with Gasteiger partial charge in [-0.1, -0.05) is 12.1 Å². The number of phenols is 1. The summed E-state index contributed by atoms with van der Waals surface area (Å²) in [6.45, 7) is -0.606. The van der Waals surface area contributed by atoms with Crippen molar-refractivity contribution >= 4 is 10.0 Å². The Kier molecular flexibility index (Phi) is 5.67. The van der Waals surface area contributed by atoms with Crippen molar-refractivity contribution in [1.29, 1.82) is 0 Å². The van der Waals surface area contributed by atoms with Crippen LogP contribution < -0.4 is 0 Å². The van der Waals surface area contributed by atoms with Crippen LogP contribution in [0.3, 0.4) is 0 Å². The van der Waals surface area contributed by atoms with Crippen molar-refractivity contribution in [3.8, 4) is 5.75 Å². The van der Waals surface area contributed by atoms with Crippen molar-refractivity contribution in [1.82, 2.24) is 4.31 Å². The Morgan fingerprint density at radius 3 is 2.28 bits per heavy atom. The first-order valence-corrected chi connectivity index (χ1v) is 9.68. The molecule has 1 heterocycles. The van der Waals surface area contributed by atoms with E-state index in [1.54, 1.807) is 0 Å². The van der Waals surface area contributed by atoms with E-state index in [1.165, 1.54) is 42.7 Å². The molecule has 10 heteroatoms. The zero-order valence-corrected chi connectivity index (χ0v) is 15.5. The molecular weight excluding hydrogens is 414 g/mol. The summed E-state index contributed by atoms with van der Waals surface area (Å²) in [5.41, 5.74) is -0.842. The van der Waals surface area contributed by atoms with E-state index in [0.29, 0.717) is 17.7 Å². The SMILES string of the molecule is O=S(=O)(c1cc(C(F)(F)F)ccc1F)N(Cc1ccc(O)cc1)Cc1ccco1. The second kappa shape index (κ2) is 7.88. The van der Waals surface area contributed by atoms with Crippen LogP contribution in [0.25, 0.3) is 0 Å². The van der Waals surface area contributed by atoms with E-state index in [0.717, 1.165) is 4.31 Å². The molecule has 2 aromatic carbocycles. The topological polar surface area (TPSA) is 70.8 Å². The molecule has 0 bridgehead atoms. The Morgan fingerprint density at radius 2 is 1.69 bits per heavy atom. The maximum atomic E-state index is 14.3.